The zero-order valence-corrected chi connectivity index (χ0v) is 10.8. The van der Waals surface area contributed by atoms with E-state index in [4.69, 9.17) is 0 Å². The molecule has 1 rings (SSSR count). The highest BCUT2D eigenvalue weighted by atomic mass is 14.0. The van der Waals surface area contributed by atoms with Gasteiger partial charge >= 0.3 is 0 Å². The summed E-state index contributed by atoms with van der Waals surface area (Å²) in [5, 5.41) is 0. The third-order valence-electron chi connectivity index (χ3n) is 3.32. The van der Waals surface area contributed by atoms with Crippen molar-refractivity contribution in [2.75, 3.05) is 0 Å². The number of hydrogen-bond acceptors (Lipinski definition) is 0. The summed E-state index contributed by atoms with van der Waals surface area (Å²) in [5.74, 6) is 0. The summed E-state index contributed by atoms with van der Waals surface area (Å²) >= 11 is 0. The number of allylic oxidation sites excluding steroid dienone is 4. The molecule has 16 heavy (non-hydrogen) atoms. The summed E-state index contributed by atoms with van der Waals surface area (Å²) in [7, 11) is 0. The Morgan fingerprint density at radius 3 is 0.938 bits per heavy atom. The monoisotopic (exact) mass is 220 g/mol. The Balaban J connectivity index is 2.14. The van der Waals surface area contributed by atoms with Gasteiger partial charge in [0.1, 0.15) is 0 Å². The van der Waals surface area contributed by atoms with Crippen molar-refractivity contribution < 1.29 is 0 Å². The van der Waals surface area contributed by atoms with E-state index >= 15 is 0 Å². The Hall–Kier alpha value is -0.520. The van der Waals surface area contributed by atoms with Crippen molar-refractivity contribution in [3.05, 3.63) is 24.3 Å². The average molecular weight is 220 g/mol. The fourth-order valence-corrected chi connectivity index (χ4v) is 2.23. The van der Waals surface area contributed by atoms with Crippen molar-refractivity contribution >= 4 is 0 Å². The highest BCUT2D eigenvalue weighted by Gasteiger charge is 1.91. The minimum absolute atomic E-state index is 1.29. The van der Waals surface area contributed by atoms with Gasteiger partial charge in [-0.1, -0.05) is 50.0 Å². The Kier molecular flexibility index (Phi) is 9.30. The van der Waals surface area contributed by atoms with Crippen molar-refractivity contribution in [1.82, 2.24) is 0 Å². The van der Waals surface area contributed by atoms with Crippen molar-refractivity contribution in [2.45, 2.75) is 77.0 Å². The Labute approximate surface area is 102 Å². The summed E-state index contributed by atoms with van der Waals surface area (Å²) in [6.45, 7) is 0. The molecule has 0 radical (unpaired) electrons. The standard InChI is InChI=1S/C16H28/c1-2-4-6-8-10-12-14-16-15-13-11-9-7-5-3-1/h1-2,11,13H,3-10,12,14-16H2/b2-1+,13-11+. The third kappa shape index (κ3) is 8.76. The number of hydrogen-bond donors (Lipinski definition) is 0. The molecule has 0 heterocycles. The maximum absolute atomic E-state index is 2.39. The molecule has 0 aromatic carbocycles. The van der Waals surface area contributed by atoms with Gasteiger partial charge in [-0.3, -0.25) is 0 Å². The molecule has 0 amide bonds. The van der Waals surface area contributed by atoms with E-state index in [1.54, 1.807) is 0 Å². The Bertz CT molecular complexity index is 166. The van der Waals surface area contributed by atoms with E-state index in [0.717, 1.165) is 0 Å². The molecule has 0 saturated heterocycles. The molecule has 0 aliphatic heterocycles. The molecule has 1 aliphatic rings. The molecule has 0 aromatic heterocycles. The summed E-state index contributed by atoms with van der Waals surface area (Å²) in [6.07, 6.45) is 26.0. The van der Waals surface area contributed by atoms with Gasteiger partial charge in [0.2, 0.25) is 0 Å². The molecule has 0 atom stereocenters. The van der Waals surface area contributed by atoms with E-state index in [9.17, 15) is 0 Å². The van der Waals surface area contributed by atoms with E-state index in [1.165, 1.54) is 77.0 Å². The van der Waals surface area contributed by atoms with Gasteiger partial charge in [-0.15, -0.1) is 0 Å². The van der Waals surface area contributed by atoms with Gasteiger partial charge in [0.25, 0.3) is 0 Å². The highest BCUT2D eigenvalue weighted by Crippen LogP contribution is 2.11. The van der Waals surface area contributed by atoms with Gasteiger partial charge in [-0.2, -0.15) is 0 Å². The van der Waals surface area contributed by atoms with Gasteiger partial charge in [0.15, 0.2) is 0 Å². The van der Waals surface area contributed by atoms with Gasteiger partial charge < -0.3 is 0 Å². The molecule has 0 fully saturated rings. The van der Waals surface area contributed by atoms with E-state index in [-0.39, 0.29) is 0 Å². The normalized spacial score (nSPS) is 26.0. The predicted molar refractivity (Wildman–Crippen MR) is 73.7 cm³/mol. The largest absolute Gasteiger partial charge is 0.0885 e. The minimum Gasteiger partial charge on any atom is -0.0885 e. The molecule has 1 aliphatic carbocycles. The summed E-state index contributed by atoms with van der Waals surface area (Å²) in [6, 6.07) is 0. The van der Waals surface area contributed by atoms with Crippen LogP contribution >= 0.6 is 0 Å². The smallest absolute Gasteiger partial charge is 0.0351 e. The quantitative estimate of drug-likeness (QED) is 0.453. The lowest BCUT2D eigenvalue weighted by Gasteiger charge is -2.00. The molecular weight excluding hydrogens is 192 g/mol. The first-order valence-electron chi connectivity index (χ1n) is 7.30. The Morgan fingerprint density at radius 1 is 0.312 bits per heavy atom. The van der Waals surface area contributed by atoms with E-state index in [1.807, 2.05) is 0 Å². The van der Waals surface area contributed by atoms with Gasteiger partial charge in [0, 0.05) is 0 Å². The molecule has 0 heteroatoms. The summed E-state index contributed by atoms with van der Waals surface area (Å²) < 4.78 is 0. The van der Waals surface area contributed by atoms with Crippen LogP contribution in [0.3, 0.4) is 0 Å². The van der Waals surface area contributed by atoms with Gasteiger partial charge in [-0.25, -0.2) is 0 Å². The average Bonchev–Trinajstić information content (AvgIpc) is 2.29. The van der Waals surface area contributed by atoms with E-state index in [2.05, 4.69) is 24.3 Å². The molecule has 0 bridgehead atoms. The lowest BCUT2D eigenvalue weighted by Crippen LogP contribution is -1.80. The zero-order chi connectivity index (χ0) is 11.3. The number of rotatable bonds is 0. The van der Waals surface area contributed by atoms with Gasteiger partial charge in [0.05, 0.1) is 0 Å². The lowest BCUT2D eigenvalue weighted by atomic mass is 10.1. The first kappa shape index (κ1) is 13.5. The highest BCUT2D eigenvalue weighted by molar-refractivity contribution is 4.84. The van der Waals surface area contributed by atoms with Crippen LogP contribution in [0.25, 0.3) is 0 Å². The predicted octanol–water partition coefficient (Wildman–Crippen LogP) is 5.79. The van der Waals surface area contributed by atoms with Gasteiger partial charge in [-0.05, 0) is 51.4 Å². The molecule has 92 valence electrons. The molecule has 0 spiro atoms. The molecular formula is C16H28. The van der Waals surface area contributed by atoms with E-state index in [0.29, 0.717) is 0 Å². The SMILES string of the molecule is C1=C/CCCCCCCC/C=C/CCCC/1. The maximum Gasteiger partial charge on any atom is -0.0351 e. The van der Waals surface area contributed by atoms with Crippen LogP contribution in [0.4, 0.5) is 0 Å². The van der Waals surface area contributed by atoms with Crippen LogP contribution in [0.2, 0.25) is 0 Å². The fourth-order valence-electron chi connectivity index (χ4n) is 2.23. The van der Waals surface area contributed by atoms with Crippen LogP contribution in [-0.4, -0.2) is 0 Å². The first-order valence-corrected chi connectivity index (χ1v) is 7.30. The fraction of sp³-hybridized carbons (Fsp3) is 0.750. The zero-order valence-electron chi connectivity index (χ0n) is 10.8. The van der Waals surface area contributed by atoms with Crippen molar-refractivity contribution in [3.63, 3.8) is 0 Å². The molecule has 0 N–H and O–H groups in total. The van der Waals surface area contributed by atoms with Crippen molar-refractivity contribution in [1.29, 1.82) is 0 Å². The summed E-state index contributed by atoms with van der Waals surface area (Å²) in [4.78, 5) is 0. The third-order valence-corrected chi connectivity index (χ3v) is 3.32. The van der Waals surface area contributed by atoms with E-state index < -0.39 is 0 Å². The molecule has 0 nitrogen and oxygen atoms in total. The Morgan fingerprint density at radius 2 is 0.562 bits per heavy atom. The second kappa shape index (κ2) is 11.0. The van der Waals surface area contributed by atoms with Crippen LogP contribution in [0, 0.1) is 0 Å². The van der Waals surface area contributed by atoms with Crippen LogP contribution in [0.15, 0.2) is 24.3 Å². The van der Waals surface area contributed by atoms with Crippen LogP contribution in [-0.2, 0) is 0 Å². The van der Waals surface area contributed by atoms with Crippen LogP contribution < -0.4 is 0 Å². The maximum atomic E-state index is 2.39. The molecule has 0 aromatic rings. The van der Waals surface area contributed by atoms with Crippen molar-refractivity contribution in [2.24, 2.45) is 0 Å². The van der Waals surface area contributed by atoms with Crippen LogP contribution in [0.5, 0.6) is 0 Å². The van der Waals surface area contributed by atoms with Crippen molar-refractivity contribution in [3.8, 4) is 0 Å². The second-order valence-electron chi connectivity index (χ2n) is 4.93. The first-order chi connectivity index (χ1) is 8.00. The summed E-state index contributed by atoms with van der Waals surface area (Å²) in [5.41, 5.74) is 0. The lowest BCUT2D eigenvalue weighted by molar-refractivity contribution is 0.599. The topological polar surface area (TPSA) is 0 Å². The second-order valence-corrected chi connectivity index (χ2v) is 4.93. The molecule has 0 saturated carbocycles. The molecule has 0 unspecified atom stereocenters. The minimum atomic E-state index is 1.29. The van der Waals surface area contributed by atoms with Crippen LogP contribution in [0.1, 0.15) is 77.0 Å².